The van der Waals surface area contributed by atoms with Crippen LogP contribution in [0, 0.1) is 11.8 Å². The average Bonchev–Trinajstić information content (AvgIpc) is 2.46. The van der Waals surface area contributed by atoms with Crippen molar-refractivity contribution >= 4 is 0 Å². The molecule has 0 aromatic heterocycles. The molecule has 112 valence electrons. The summed E-state index contributed by atoms with van der Waals surface area (Å²) in [5, 5.41) is 3.98. The minimum Gasteiger partial charge on any atom is -0.307 e. The number of nitrogens with one attached hydrogen (secondary N) is 1. The summed E-state index contributed by atoms with van der Waals surface area (Å²) in [6, 6.07) is 12.3. The van der Waals surface area contributed by atoms with Gasteiger partial charge in [-0.2, -0.15) is 0 Å². The fourth-order valence-electron chi connectivity index (χ4n) is 3.61. The Balaban J connectivity index is 2.00. The SMILES string of the molecule is CCCCC(NC1CCC(C)CC1C)c1ccccc1. The van der Waals surface area contributed by atoms with E-state index in [1.165, 1.54) is 44.1 Å². The van der Waals surface area contributed by atoms with Crippen LogP contribution in [0.5, 0.6) is 0 Å². The van der Waals surface area contributed by atoms with Crippen molar-refractivity contribution in [3.05, 3.63) is 35.9 Å². The van der Waals surface area contributed by atoms with Crippen molar-refractivity contribution in [1.29, 1.82) is 0 Å². The lowest BCUT2D eigenvalue weighted by Crippen LogP contribution is -2.41. The molecular formula is C19H31N. The third-order valence-corrected chi connectivity index (χ3v) is 4.90. The number of hydrogen-bond acceptors (Lipinski definition) is 1. The van der Waals surface area contributed by atoms with Gasteiger partial charge < -0.3 is 5.32 Å². The van der Waals surface area contributed by atoms with Gasteiger partial charge in [-0.1, -0.05) is 63.9 Å². The molecule has 1 aromatic rings. The summed E-state index contributed by atoms with van der Waals surface area (Å²) in [5.41, 5.74) is 1.46. The summed E-state index contributed by atoms with van der Waals surface area (Å²) >= 11 is 0. The van der Waals surface area contributed by atoms with Gasteiger partial charge in [0.05, 0.1) is 0 Å². The van der Waals surface area contributed by atoms with Gasteiger partial charge in [-0.3, -0.25) is 0 Å². The molecule has 0 radical (unpaired) electrons. The highest BCUT2D eigenvalue weighted by molar-refractivity contribution is 5.19. The second-order valence-electron chi connectivity index (χ2n) is 6.77. The number of unbranched alkanes of at least 4 members (excludes halogenated alkanes) is 1. The van der Waals surface area contributed by atoms with Crippen molar-refractivity contribution in [2.75, 3.05) is 0 Å². The van der Waals surface area contributed by atoms with Gasteiger partial charge in [0.2, 0.25) is 0 Å². The molecule has 0 saturated heterocycles. The van der Waals surface area contributed by atoms with Gasteiger partial charge in [-0.15, -0.1) is 0 Å². The number of hydrogen-bond donors (Lipinski definition) is 1. The minimum absolute atomic E-state index is 0.539. The predicted molar refractivity (Wildman–Crippen MR) is 87.8 cm³/mol. The second-order valence-corrected chi connectivity index (χ2v) is 6.77. The Labute approximate surface area is 125 Å². The number of rotatable bonds is 6. The Bertz CT molecular complexity index is 373. The Kier molecular flexibility index (Phi) is 6.09. The van der Waals surface area contributed by atoms with E-state index in [1.54, 1.807) is 0 Å². The van der Waals surface area contributed by atoms with Crippen molar-refractivity contribution in [2.45, 2.75) is 71.4 Å². The Morgan fingerprint density at radius 1 is 1.15 bits per heavy atom. The van der Waals surface area contributed by atoms with Crippen LogP contribution in [0.15, 0.2) is 30.3 Å². The van der Waals surface area contributed by atoms with E-state index < -0.39 is 0 Å². The normalized spacial score (nSPS) is 28.2. The molecule has 0 heterocycles. The standard InChI is InChI=1S/C19H31N/c1-4-5-11-19(17-9-7-6-8-10-17)20-18-13-12-15(2)14-16(18)3/h6-10,15-16,18-20H,4-5,11-14H2,1-3H3. The van der Waals surface area contributed by atoms with Crippen LogP contribution in [0.2, 0.25) is 0 Å². The third-order valence-electron chi connectivity index (χ3n) is 4.90. The van der Waals surface area contributed by atoms with Crippen LogP contribution in [-0.4, -0.2) is 6.04 Å². The highest BCUT2D eigenvalue weighted by Crippen LogP contribution is 2.31. The Morgan fingerprint density at radius 2 is 1.90 bits per heavy atom. The van der Waals surface area contributed by atoms with Crippen molar-refractivity contribution in [2.24, 2.45) is 11.8 Å². The van der Waals surface area contributed by atoms with E-state index in [0.29, 0.717) is 12.1 Å². The lowest BCUT2D eigenvalue weighted by molar-refractivity contribution is 0.210. The first-order valence-corrected chi connectivity index (χ1v) is 8.51. The summed E-state index contributed by atoms with van der Waals surface area (Å²) in [6.07, 6.45) is 7.97. The molecule has 0 amide bonds. The van der Waals surface area contributed by atoms with Crippen LogP contribution in [0.25, 0.3) is 0 Å². The molecule has 0 spiro atoms. The summed E-state index contributed by atoms with van der Waals surface area (Å²) in [4.78, 5) is 0. The van der Waals surface area contributed by atoms with Gasteiger partial charge in [-0.25, -0.2) is 0 Å². The third kappa shape index (κ3) is 4.34. The van der Waals surface area contributed by atoms with Gasteiger partial charge in [0, 0.05) is 12.1 Å². The van der Waals surface area contributed by atoms with E-state index in [4.69, 9.17) is 0 Å². The molecule has 1 N–H and O–H groups in total. The summed E-state index contributed by atoms with van der Waals surface area (Å²) < 4.78 is 0. The summed E-state index contributed by atoms with van der Waals surface area (Å²) in [6.45, 7) is 7.11. The number of benzene rings is 1. The van der Waals surface area contributed by atoms with Gasteiger partial charge in [-0.05, 0) is 43.1 Å². The Morgan fingerprint density at radius 3 is 2.55 bits per heavy atom. The smallest absolute Gasteiger partial charge is 0.0322 e. The molecule has 2 rings (SSSR count). The van der Waals surface area contributed by atoms with E-state index in [1.807, 2.05) is 0 Å². The highest BCUT2D eigenvalue weighted by atomic mass is 15.0. The zero-order valence-electron chi connectivity index (χ0n) is 13.4. The molecule has 20 heavy (non-hydrogen) atoms. The zero-order chi connectivity index (χ0) is 14.4. The molecular weight excluding hydrogens is 242 g/mol. The highest BCUT2D eigenvalue weighted by Gasteiger charge is 2.27. The predicted octanol–water partition coefficient (Wildman–Crippen LogP) is 5.33. The van der Waals surface area contributed by atoms with Gasteiger partial charge >= 0.3 is 0 Å². The first-order chi connectivity index (χ1) is 9.70. The first-order valence-electron chi connectivity index (χ1n) is 8.51. The maximum absolute atomic E-state index is 3.98. The van der Waals surface area contributed by atoms with Crippen LogP contribution < -0.4 is 5.32 Å². The average molecular weight is 273 g/mol. The van der Waals surface area contributed by atoms with E-state index in [2.05, 4.69) is 56.4 Å². The topological polar surface area (TPSA) is 12.0 Å². The van der Waals surface area contributed by atoms with Crippen molar-refractivity contribution in [3.8, 4) is 0 Å². The van der Waals surface area contributed by atoms with Gasteiger partial charge in [0.15, 0.2) is 0 Å². The minimum atomic E-state index is 0.539. The molecule has 0 aliphatic heterocycles. The second kappa shape index (κ2) is 7.83. The van der Waals surface area contributed by atoms with Crippen molar-refractivity contribution < 1.29 is 0 Å². The molecule has 1 aromatic carbocycles. The largest absolute Gasteiger partial charge is 0.307 e. The molecule has 4 atom stereocenters. The maximum Gasteiger partial charge on any atom is 0.0322 e. The molecule has 1 aliphatic rings. The lowest BCUT2D eigenvalue weighted by atomic mass is 9.79. The van der Waals surface area contributed by atoms with Crippen LogP contribution in [0.3, 0.4) is 0 Å². The lowest BCUT2D eigenvalue weighted by Gasteiger charge is -2.36. The van der Waals surface area contributed by atoms with E-state index in [0.717, 1.165) is 11.8 Å². The molecule has 1 aliphatic carbocycles. The van der Waals surface area contributed by atoms with E-state index in [-0.39, 0.29) is 0 Å². The monoisotopic (exact) mass is 273 g/mol. The fraction of sp³-hybridized carbons (Fsp3) is 0.684. The molecule has 1 nitrogen and oxygen atoms in total. The van der Waals surface area contributed by atoms with Crippen LogP contribution >= 0.6 is 0 Å². The van der Waals surface area contributed by atoms with E-state index in [9.17, 15) is 0 Å². The molecule has 0 bridgehead atoms. The quantitative estimate of drug-likeness (QED) is 0.738. The fourth-order valence-corrected chi connectivity index (χ4v) is 3.61. The Hall–Kier alpha value is -0.820. The maximum atomic E-state index is 3.98. The molecule has 1 fully saturated rings. The molecule has 1 saturated carbocycles. The van der Waals surface area contributed by atoms with Crippen molar-refractivity contribution in [3.63, 3.8) is 0 Å². The van der Waals surface area contributed by atoms with Gasteiger partial charge in [0.25, 0.3) is 0 Å². The van der Waals surface area contributed by atoms with Crippen LogP contribution in [-0.2, 0) is 0 Å². The van der Waals surface area contributed by atoms with Gasteiger partial charge in [0.1, 0.15) is 0 Å². The van der Waals surface area contributed by atoms with E-state index >= 15 is 0 Å². The van der Waals surface area contributed by atoms with Crippen molar-refractivity contribution in [1.82, 2.24) is 5.32 Å². The summed E-state index contributed by atoms with van der Waals surface area (Å²) in [7, 11) is 0. The summed E-state index contributed by atoms with van der Waals surface area (Å²) in [5.74, 6) is 1.72. The first kappa shape index (κ1) is 15.6. The molecule has 1 heteroatoms. The zero-order valence-corrected chi connectivity index (χ0v) is 13.4. The van der Waals surface area contributed by atoms with Crippen LogP contribution in [0.1, 0.15) is 70.9 Å². The molecule has 4 unspecified atom stereocenters. The van der Waals surface area contributed by atoms with Crippen LogP contribution in [0.4, 0.5) is 0 Å².